The third-order valence-corrected chi connectivity index (χ3v) is 1.38. The van der Waals surface area contributed by atoms with E-state index in [1.165, 1.54) is 0 Å². The van der Waals surface area contributed by atoms with Crippen molar-refractivity contribution in [2.45, 2.75) is 39.3 Å². The first-order valence-corrected chi connectivity index (χ1v) is 4.62. The van der Waals surface area contributed by atoms with Crippen LogP contribution < -0.4 is 5.32 Å². The summed E-state index contributed by atoms with van der Waals surface area (Å²) in [5.41, 5.74) is 0. The molecule has 0 aliphatic rings. The lowest BCUT2D eigenvalue weighted by molar-refractivity contribution is 0.0452. The fourth-order valence-electron chi connectivity index (χ4n) is 0.819. The van der Waals surface area contributed by atoms with E-state index in [0.717, 1.165) is 19.6 Å². The molecule has 0 aliphatic heterocycles. The topological polar surface area (TPSA) is 41.5 Å². The maximum Gasteiger partial charge on any atom is 0.0745 e. The first-order chi connectivity index (χ1) is 5.63. The third-order valence-electron chi connectivity index (χ3n) is 1.38. The standard InChI is InChI=1S/C9H21NO2/c1-8(2)10-5-4-6-12-7-9(3)11/h8-11H,4-7H2,1-3H3. The van der Waals surface area contributed by atoms with Crippen molar-refractivity contribution in [1.29, 1.82) is 0 Å². The average Bonchev–Trinajstić information content (AvgIpc) is 1.95. The van der Waals surface area contributed by atoms with E-state index in [-0.39, 0.29) is 6.10 Å². The van der Waals surface area contributed by atoms with Crippen LogP contribution >= 0.6 is 0 Å². The van der Waals surface area contributed by atoms with Crippen LogP contribution in [0.4, 0.5) is 0 Å². The summed E-state index contributed by atoms with van der Waals surface area (Å²) in [6.45, 7) is 8.13. The van der Waals surface area contributed by atoms with Crippen molar-refractivity contribution in [2.75, 3.05) is 19.8 Å². The SMILES string of the molecule is CC(O)COCCCNC(C)C. The molecule has 12 heavy (non-hydrogen) atoms. The van der Waals surface area contributed by atoms with Crippen molar-refractivity contribution in [3.63, 3.8) is 0 Å². The molecule has 1 unspecified atom stereocenters. The van der Waals surface area contributed by atoms with E-state index in [0.29, 0.717) is 12.6 Å². The molecule has 0 radical (unpaired) electrons. The number of hydrogen-bond acceptors (Lipinski definition) is 3. The second kappa shape index (κ2) is 7.53. The highest BCUT2D eigenvalue weighted by atomic mass is 16.5. The molecule has 74 valence electrons. The van der Waals surface area contributed by atoms with Gasteiger partial charge in [-0.2, -0.15) is 0 Å². The lowest BCUT2D eigenvalue weighted by Crippen LogP contribution is -2.24. The molecule has 0 fully saturated rings. The Labute approximate surface area is 75.1 Å². The van der Waals surface area contributed by atoms with Crippen LogP contribution in [0.5, 0.6) is 0 Å². The average molecular weight is 175 g/mol. The first-order valence-electron chi connectivity index (χ1n) is 4.62. The van der Waals surface area contributed by atoms with Crippen LogP contribution in [0.15, 0.2) is 0 Å². The Kier molecular flexibility index (Phi) is 7.45. The minimum absolute atomic E-state index is 0.344. The van der Waals surface area contributed by atoms with Gasteiger partial charge in [-0.15, -0.1) is 0 Å². The molecule has 1 atom stereocenters. The van der Waals surface area contributed by atoms with Gasteiger partial charge in [-0.05, 0) is 19.9 Å². The molecule has 0 spiro atoms. The highest BCUT2D eigenvalue weighted by Gasteiger charge is 1.95. The lowest BCUT2D eigenvalue weighted by atomic mass is 10.3. The van der Waals surface area contributed by atoms with Gasteiger partial charge in [0.2, 0.25) is 0 Å². The van der Waals surface area contributed by atoms with Gasteiger partial charge in [-0.25, -0.2) is 0 Å². The van der Waals surface area contributed by atoms with Gasteiger partial charge in [-0.1, -0.05) is 13.8 Å². The fraction of sp³-hybridized carbons (Fsp3) is 1.00. The molecule has 0 saturated carbocycles. The van der Waals surface area contributed by atoms with E-state index < -0.39 is 0 Å². The second-order valence-corrected chi connectivity index (χ2v) is 3.39. The Balaban J connectivity index is 2.91. The highest BCUT2D eigenvalue weighted by Crippen LogP contribution is 1.86. The van der Waals surface area contributed by atoms with E-state index in [1.54, 1.807) is 6.92 Å². The number of hydrogen-bond donors (Lipinski definition) is 2. The van der Waals surface area contributed by atoms with Gasteiger partial charge in [0.15, 0.2) is 0 Å². The van der Waals surface area contributed by atoms with Gasteiger partial charge in [-0.3, -0.25) is 0 Å². The van der Waals surface area contributed by atoms with Crippen molar-refractivity contribution in [1.82, 2.24) is 5.32 Å². The van der Waals surface area contributed by atoms with Crippen LogP contribution in [0.3, 0.4) is 0 Å². The second-order valence-electron chi connectivity index (χ2n) is 3.39. The quantitative estimate of drug-likeness (QED) is 0.562. The van der Waals surface area contributed by atoms with E-state index >= 15 is 0 Å². The number of aliphatic hydroxyl groups is 1. The van der Waals surface area contributed by atoms with Gasteiger partial charge in [0.05, 0.1) is 12.7 Å². The Morgan fingerprint density at radius 1 is 1.33 bits per heavy atom. The minimum atomic E-state index is -0.344. The van der Waals surface area contributed by atoms with E-state index in [4.69, 9.17) is 9.84 Å². The van der Waals surface area contributed by atoms with Gasteiger partial charge >= 0.3 is 0 Å². The van der Waals surface area contributed by atoms with Crippen molar-refractivity contribution >= 4 is 0 Å². The monoisotopic (exact) mass is 175 g/mol. The molecule has 0 amide bonds. The molecule has 0 bridgehead atoms. The summed E-state index contributed by atoms with van der Waals surface area (Å²) in [7, 11) is 0. The largest absolute Gasteiger partial charge is 0.391 e. The van der Waals surface area contributed by atoms with Crippen molar-refractivity contribution < 1.29 is 9.84 Å². The molecule has 2 N–H and O–H groups in total. The summed E-state index contributed by atoms with van der Waals surface area (Å²) in [6.07, 6.45) is 0.660. The van der Waals surface area contributed by atoms with Gasteiger partial charge < -0.3 is 15.2 Å². The zero-order valence-electron chi connectivity index (χ0n) is 8.34. The molecule has 0 heterocycles. The summed E-state index contributed by atoms with van der Waals surface area (Å²) in [4.78, 5) is 0. The maximum absolute atomic E-state index is 8.86. The van der Waals surface area contributed by atoms with Crippen molar-refractivity contribution in [3.8, 4) is 0 Å². The molecule has 0 aromatic rings. The van der Waals surface area contributed by atoms with E-state index in [2.05, 4.69) is 19.2 Å². The predicted octanol–water partition coefficient (Wildman–Crippen LogP) is 0.772. The Morgan fingerprint density at radius 2 is 2.00 bits per heavy atom. The number of rotatable bonds is 7. The van der Waals surface area contributed by atoms with Crippen LogP contribution in [0.25, 0.3) is 0 Å². The van der Waals surface area contributed by atoms with Gasteiger partial charge in [0.1, 0.15) is 0 Å². The molecule has 0 saturated heterocycles. The fourth-order valence-corrected chi connectivity index (χ4v) is 0.819. The molecule has 3 heteroatoms. The third kappa shape index (κ3) is 9.88. The minimum Gasteiger partial charge on any atom is -0.391 e. The zero-order valence-corrected chi connectivity index (χ0v) is 8.34. The van der Waals surface area contributed by atoms with Crippen LogP contribution in [0.1, 0.15) is 27.2 Å². The smallest absolute Gasteiger partial charge is 0.0745 e. The summed E-state index contributed by atoms with van der Waals surface area (Å²) in [6, 6.07) is 0.543. The number of nitrogens with one attached hydrogen (secondary N) is 1. The zero-order chi connectivity index (χ0) is 9.40. The van der Waals surface area contributed by atoms with Crippen LogP contribution in [0, 0.1) is 0 Å². The Hall–Kier alpha value is -0.120. The normalized spacial score (nSPS) is 13.8. The summed E-state index contributed by atoms with van der Waals surface area (Å²) in [5.74, 6) is 0. The van der Waals surface area contributed by atoms with Crippen LogP contribution in [0.2, 0.25) is 0 Å². The highest BCUT2D eigenvalue weighted by molar-refractivity contribution is 4.52. The maximum atomic E-state index is 8.86. The molecule has 0 aliphatic carbocycles. The Bertz CT molecular complexity index is 82.5. The number of aliphatic hydroxyl groups excluding tert-OH is 1. The summed E-state index contributed by atoms with van der Waals surface area (Å²) < 4.78 is 5.19. The van der Waals surface area contributed by atoms with Crippen molar-refractivity contribution in [3.05, 3.63) is 0 Å². The molecular formula is C9H21NO2. The van der Waals surface area contributed by atoms with Crippen molar-refractivity contribution in [2.24, 2.45) is 0 Å². The first kappa shape index (κ1) is 11.9. The number of ether oxygens (including phenoxy) is 1. The predicted molar refractivity (Wildman–Crippen MR) is 50.3 cm³/mol. The molecule has 0 aromatic heterocycles. The lowest BCUT2D eigenvalue weighted by Gasteiger charge is -2.08. The Morgan fingerprint density at radius 3 is 2.50 bits per heavy atom. The van der Waals surface area contributed by atoms with Gasteiger partial charge in [0, 0.05) is 12.6 Å². The summed E-state index contributed by atoms with van der Waals surface area (Å²) >= 11 is 0. The van der Waals surface area contributed by atoms with Gasteiger partial charge in [0.25, 0.3) is 0 Å². The van der Waals surface area contributed by atoms with E-state index in [9.17, 15) is 0 Å². The van der Waals surface area contributed by atoms with Crippen LogP contribution in [-0.2, 0) is 4.74 Å². The molecular weight excluding hydrogens is 154 g/mol. The molecule has 0 rings (SSSR count). The van der Waals surface area contributed by atoms with E-state index in [1.807, 2.05) is 0 Å². The molecule has 3 nitrogen and oxygen atoms in total. The van der Waals surface area contributed by atoms with Crippen LogP contribution in [-0.4, -0.2) is 37.0 Å². The summed E-state index contributed by atoms with van der Waals surface area (Å²) in [5, 5.41) is 12.1. The molecule has 0 aromatic carbocycles.